The number of hydrogen-bond acceptors (Lipinski definition) is 2. The molecule has 5 heteroatoms. The molecule has 110 valence electrons. The number of rotatable bonds is 5. The van der Waals surface area contributed by atoms with Crippen molar-refractivity contribution in [1.82, 2.24) is 10.2 Å². The fourth-order valence-corrected chi connectivity index (χ4v) is 2.62. The maximum absolute atomic E-state index is 12.4. The average Bonchev–Trinajstić information content (AvgIpc) is 2.74. The van der Waals surface area contributed by atoms with E-state index >= 15 is 0 Å². The smallest absolute Gasteiger partial charge is 0.329 e. The minimum atomic E-state index is -1.01. The molecule has 1 atom stereocenters. The van der Waals surface area contributed by atoms with E-state index in [0.717, 1.165) is 19.3 Å². The zero-order valence-corrected chi connectivity index (χ0v) is 12.5. The molecule has 5 nitrogen and oxygen atoms in total. The van der Waals surface area contributed by atoms with Crippen molar-refractivity contribution >= 4 is 12.0 Å². The van der Waals surface area contributed by atoms with Gasteiger partial charge in [-0.25, -0.2) is 9.59 Å². The Labute approximate surface area is 115 Å². The number of hydrogen-bond donors (Lipinski definition) is 2. The molecule has 1 rings (SSSR count). The first-order valence-electron chi connectivity index (χ1n) is 7.12. The zero-order valence-electron chi connectivity index (χ0n) is 12.5. The molecule has 0 aromatic carbocycles. The van der Waals surface area contributed by atoms with Gasteiger partial charge >= 0.3 is 12.0 Å². The highest BCUT2D eigenvalue weighted by Crippen LogP contribution is 2.34. The Balaban J connectivity index is 2.91. The quantitative estimate of drug-likeness (QED) is 0.806. The molecule has 1 aliphatic rings. The number of nitrogens with zero attached hydrogens (tertiary/aromatic N) is 1. The van der Waals surface area contributed by atoms with Crippen molar-refractivity contribution in [3.63, 3.8) is 0 Å². The number of carbonyl (C=O) groups is 2. The molecule has 1 saturated heterocycles. The lowest BCUT2D eigenvalue weighted by molar-refractivity contribution is -0.148. The predicted molar refractivity (Wildman–Crippen MR) is 74.1 cm³/mol. The lowest BCUT2D eigenvalue weighted by Crippen LogP contribution is -2.59. The molecule has 0 saturated carbocycles. The van der Waals surface area contributed by atoms with Crippen molar-refractivity contribution in [2.45, 2.75) is 70.9 Å². The minimum Gasteiger partial charge on any atom is -0.479 e. The highest BCUT2D eigenvalue weighted by atomic mass is 16.4. The van der Waals surface area contributed by atoms with Gasteiger partial charge in [0.15, 0.2) is 0 Å². The lowest BCUT2D eigenvalue weighted by atomic mass is 9.91. The molecule has 1 fully saturated rings. The molecule has 1 heterocycles. The summed E-state index contributed by atoms with van der Waals surface area (Å²) in [7, 11) is 0. The van der Waals surface area contributed by atoms with Crippen molar-refractivity contribution in [3.8, 4) is 0 Å². The van der Waals surface area contributed by atoms with Gasteiger partial charge in [-0.15, -0.1) is 0 Å². The number of carboxylic acid groups (broad SMARTS) is 1. The molecule has 0 bridgehead atoms. The summed E-state index contributed by atoms with van der Waals surface area (Å²) in [5.41, 5.74) is -1.32. The van der Waals surface area contributed by atoms with Crippen LogP contribution in [-0.2, 0) is 4.79 Å². The number of amides is 2. The third kappa shape index (κ3) is 3.19. The van der Waals surface area contributed by atoms with Crippen molar-refractivity contribution in [2.24, 2.45) is 0 Å². The molecule has 19 heavy (non-hydrogen) atoms. The summed E-state index contributed by atoms with van der Waals surface area (Å²) < 4.78 is 0. The Bertz CT molecular complexity index is 355. The second-order valence-electron chi connectivity index (χ2n) is 6.01. The number of carbonyl (C=O) groups excluding carboxylic acids is 1. The van der Waals surface area contributed by atoms with Crippen LogP contribution in [0, 0.1) is 0 Å². The summed E-state index contributed by atoms with van der Waals surface area (Å²) >= 11 is 0. The largest absolute Gasteiger partial charge is 0.479 e. The van der Waals surface area contributed by atoms with Gasteiger partial charge in [0.1, 0.15) is 5.54 Å². The van der Waals surface area contributed by atoms with Crippen LogP contribution in [0.25, 0.3) is 0 Å². The molecule has 2 amide bonds. The summed E-state index contributed by atoms with van der Waals surface area (Å²) in [6.07, 6.45) is 3.39. The second kappa shape index (κ2) is 5.80. The van der Waals surface area contributed by atoms with E-state index in [-0.39, 0.29) is 11.6 Å². The predicted octanol–water partition coefficient (Wildman–Crippen LogP) is 2.60. The summed E-state index contributed by atoms with van der Waals surface area (Å²) in [6, 6.07) is -0.250. The molecular weight excluding hydrogens is 244 g/mol. The van der Waals surface area contributed by atoms with Gasteiger partial charge in [-0.1, -0.05) is 20.3 Å². The topological polar surface area (TPSA) is 69.6 Å². The molecule has 2 N–H and O–H groups in total. The molecular formula is C14H26N2O3. The number of likely N-dealkylation sites (tertiary alicyclic amines) is 1. The number of carboxylic acids is 1. The maximum Gasteiger partial charge on any atom is 0.329 e. The third-order valence-corrected chi connectivity index (χ3v) is 4.12. The van der Waals surface area contributed by atoms with E-state index in [1.807, 2.05) is 27.7 Å². The van der Waals surface area contributed by atoms with Crippen LogP contribution >= 0.6 is 0 Å². The van der Waals surface area contributed by atoms with Crippen LogP contribution in [-0.4, -0.2) is 39.6 Å². The van der Waals surface area contributed by atoms with Crippen LogP contribution in [0.4, 0.5) is 4.79 Å². The van der Waals surface area contributed by atoms with Gasteiger partial charge < -0.3 is 15.3 Å². The van der Waals surface area contributed by atoms with Crippen LogP contribution in [0.5, 0.6) is 0 Å². The first-order chi connectivity index (χ1) is 8.79. The highest BCUT2D eigenvalue weighted by Gasteiger charge is 2.49. The first-order valence-corrected chi connectivity index (χ1v) is 7.12. The molecule has 0 spiro atoms. The van der Waals surface area contributed by atoms with Crippen LogP contribution in [0.1, 0.15) is 59.8 Å². The Morgan fingerprint density at radius 1 is 1.37 bits per heavy atom. The van der Waals surface area contributed by atoms with Crippen LogP contribution in [0.2, 0.25) is 0 Å². The van der Waals surface area contributed by atoms with Gasteiger partial charge in [-0.2, -0.15) is 0 Å². The second-order valence-corrected chi connectivity index (χ2v) is 6.01. The number of nitrogens with one attached hydrogen (secondary N) is 1. The maximum atomic E-state index is 12.4. The highest BCUT2D eigenvalue weighted by molar-refractivity contribution is 5.87. The Hall–Kier alpha value is -1.26. The minimum absolute atomic E-state index is 0.250. The number of aliphatic carboxylic acids is 1. The van der Waals surface area contributed by atoms with E-state index in [9.17, 15) is 14.7 Å². The summed E-state index contributed by atoms with van der Waals surface area (Å²) in [5.74, 6) is -0.878. The van der Waals surface area contributed by atoms with E-state index in [4.69, 9.17) is 0 Å². The van der Waals surface area contributed by atoms with E-state index in [1.54, 1.807) is 0 Å². The molecule has 0 radical (unpaired) electrons. The van der Waals surface area contributed by atoms with E-state index < -0.39 is 11.5 Å². The van der Waals surface area contributed by atoms with Gasteiger partial charge in [0.05, 0.1) is 0 Å². The Morgan fingerprint density at radius 3 is 2.47 bits per heavy atom. The fourth-order valence-electron chi connectivity index (χ4n) is 2.62. The molecule has 1 unspecified atom stereocenters. The average molecular weight is 270 g/mol. The van der Waals surface area contributed by atoms with Gasteiger partial charge in [0.2, 0.25) is 0 Å². The van der Waals surface area contributed by atoms with Crippen LogP contribution in [0.15, 0.2) is 0 Å². The Morgan fingerprint density at radius 2 is 2.00 bits per heavy atom. The van der Waals surface area contributed by atoms with Gasteiger partial charge in [0.25, 0.3) is 0 Å². The fraction of sp³-hybridized carbons (Fsp3) is 0.857. The van der Waals surface area contributed by atoms with Crippen molar-refractivity contribution in [1.29, 1.82) is 0 Å². The molecule has 1 aliphatic heterocycles. The monoisotopic (exact) mass is 270 g/mol. The van der Waals surface area contributed by atoms with E-state index in [0.29, 0.717) is 19.4 Å². The lowest BCUT2D eigenvalue weighted by Gasteiger charge is -2.37. The normalized spacial score (nSPS) is 23.5. The summed E-state index contributed by atoms with van der Waals surface area (Å²) in [4.78, 5) is 25.5. The Kier molecular flexibility index (Phi) is 4.82. The molecule has 0 aliphatic carbocycles. The van der Waals surface area contributed by atoms with E-state index in [1.165, 1.54) is 4.90 Å². The standard InChI is InChI=1S/C14H26N2O3/c1-5-8-14(11(17)18)9-7-10-16(14)12(19)15-13(3,4)6-2/h5-10H2,1-4H3,(H,15,19)(H,17,18). The van der Waals surface area contributed by atoms with Gasteiger partial charge in [-0.3, -0.25) is 0 Å². The first kappa shape index (κ1) is 15.8. The summed E-state index contributed by atoms with van der Waals surface area (Å²) in [5, 5.41) is 12.5. The SMILES string of the molecule is CCCC1(C(=O)O)CCCN1C(=O)NC(C)(C)CC. The third-order valence-electron chi connectivity index (χ3n) is 4.12. The number of urea groups is 1. The van der Waals surface area contributed by atoms with Crippen molar-refractivity contribution in [2.75, 3.05) is 6.54 Å². The zero-order chi connectivity index (χ0) is 14.7. The summed E-state index contributed by atoms with van der Waals surface area (Å²) in [6.45, 7) is 8.38. The van der Waals surface area contributed by atoms with Crippen molar-refractivity contribution in [3.05, 3.63) is 0 Å². The van der Waals surface area contributed by atoms with Crippen LogP contribution in [0.3, 0.4) is 0 Å². The van der Waals surface area contributed by atoms with Gasteiger partial charge in [-0.05, 0) is 39.5 Å². The van der Waals surface area contributed by atoms with E-state index in [2.05, 4.69) is 5.32 Å². The van der Waals surface area contributed by atoms with Crippen LogP contribution < -0.4 is 5.32 Å². The van der Waals surface area contributed by atoms with Crippen molar-refractivity contribution < 1.29 is 14.7 Å². The van der Waals surface area contributed by atoms with Gasteiger partial charge in [0, 0.05) is 12.1 Å². The molecule has 0 aromatic rings. The molecule has 0 aromatic heterocycles.